The Kier molecular flexibility index (Phi) is 3.47. The molecule has 0 N–H and O–H groups in total. The molecule has 0 amide bonds. The molecule has 10 aliphatic rings. The molecule has 0 aromatic heterocycles. The third-order valence-corrected chi connectivity index (χ3v) is 12.8. The summed E-state index contributed by atoms with van der Waals surface area (Å²) in [4.78, 5) is 0. The van der Waals surface area contributed by atoms with Gasteiger partial charge in [-0.15, -0.1) is 0 Å². The first-order chi connectivity index (χ1) is 19.2. The summed E-state index contributed by atoms with van der Waals surface area (Å²) >= 11 is 0. The van der Waals surface area contributed by atoms with E-state index >= 15 is 0 Å². The number of hydrogen-bond acceptors (Lipinski definition) is 0. The van der Waals surface area contributed by atoms with Gasteiger partial charge in [-0.3, -0.25) is 0 Å². The molecule has 0 spiro atoms. The van der Waals surface area contributed by atoms with E-state index in [2.05, 4.69) is 108 Å². The molecule has 0 nitrogen and oxygen atoms in total. The van der Waals surface area contributed by atoms with Crippen LogP contribution in [-0.2, 0) is 0 Å². The first kappa shape index (κ1) is 21.2. The van der Waals surface area contributed by atoms with Crippen LogP contribution >= 0.6 is 0 Å². The van der Waals surface area contributed by atoms with E-state index in [1.54, 1.807) is 0 Å². The number of hydrogen-bond donors (Lipinski definition) is 0. The molecule has 3 saturated carbocycles. The molecule has 0 aromatic carbocycles. The highest BCUT2D eigenvalue weighted by atomic mass is 14.7. The maximum Gasteiger partial charge on any atom is 0.0363 e. The second-order valence-corrected chi connectivity index (χ2v) is 13.5. The molecule has 0 aromatic rings. The minimum Gasteiger partial charge on any atom is -0.0721 e. The summed E-state index contributed by atoms with van der Waals surface area (Å²) in [6.07, 6.45) is 39.1. The summed E-state index contributed by atoms with van der Waals surface area (Å²) in [5.74, 6) is 22.9. The highest BCUT2D eigenvalue weighted by Gasteiger charge is 2.68. The maximum atomic E-state index is 3.82. The van der Waals surface area contributed by atoms with E-state index < -0.39 is 0 Å². The van der Waals surface area contributed by atoms with Crippen molar-refractivity contribution in [3.8, 4) is 35.5 Å². The molecule has 0 bridgehead atoms. The van der Waals surface area contributed by atoms with Crippen molar-refractivity contribution in [3.05, 3.63) is 106 Å². The minimum atomic E-state index is 0.0332. The summed E-state index contributed by atoms with van der Waals surface area (Å²) in [5.41, 5.74) is 7.99. The molecular weight excluding hydrogens is 468 g/mol. The Morgan fingerprint density at radius 2 is 0.487 bits per heavy atom. The van der Waals surface area contributed by atoms with Crippen LogP contribution in [-0.4, -0.2) is 0 Å². The first-order valence-electron chi connectivity index (χ1n) is 15.1. The summed E-state index contributed by atoms with van der Waals surface area (Å²) in [6.45, 7) is 0. The van der Waals surface area contributed by atoms with Gasteiger partial charge in [-0.25, -0.2) is 0 Å². The van der Waals surface area contributed by atoms with Gasteiger partial charge in [0.25, 0.3) is 0 Å². The highest BCUT2D eigenvalue weighted by Crippen LogP contribution is 2.75. The molecule has 6 atom stereocenters. The molecule has 0 heteroatoms. The Morgan fingerprint density at radius 3 is 0.667 bits per heavy atom. The van der Waals surface area contributed by atoms with Crippen molar-refractivity contribution >= 4 is 0 Å². The summed E-state index contributed by atoms with van der Waals surface area (Å²) in [5, 5.41) is 0. The summed E-state index contributed by atoms with van der Waals surface area (Å²) < 4.78 is 0. The number of rotatable bonds is 0. The second-order valence-electron chi connectivity index (χ2n) is 13.5. The maximum absolute atomic E-state index is 3.82. The fourth-order valence-electron chi connectivity index (χ4n) is 11.1. The van der Waals surface area contributed by atoms with Gasteiger partial charge in [-0.1, -0.05) is 128 Å². The number of allylic oxidation sites excluding steroid dienone is 18. The monoisotopic (exact) mass is 498 g/mol. The van der Waals surface area contributed by atoms with Crippen LogP contribution in [0.25, 0.3) is 0 Å². The van der Waals surface area contributed by atoms with E-state index in [1.165, 1.54) is 91.2 Å². The van der Waals surface area contributed by atoms with Gasteiger partial charge in [0.15, 0.2) is 0 Å². The Labute approximate surface area is 231 Å². The first-order valence-corrected chi connectivity index (χ1v) is 15.1. The van der Waals surface area contributed by atoms with Gasteiger partial charge in [0.05, 0.1) is 0 Å². The van der Waals surface area contributed by atoms with Crippen LogP contribution in [0.1, 0.15) is 57.8 Å². The SMILES string of the molecule is C1#CC2=C(C#CC3=C(C#CC4=C1C15C=CC=CC41CCC5)C14C=CC=CC31CCC4)C13C=CC=CC21CCC3. The average molecular weight is 499 g/mol. The van der Waals surface area contributed by atoms with E-state index in [-0.39, 0.29) is 32.5 Å². The predicted octanol–water partition coefficient (Wildman–Crippen LogP) is 7.79. The van der Waals surface area contributed by atoms with Crippen LogP contribution in [0.2, 0.25) is 0 Å². The van der Waals surface area contributed by atoms with Gasteiger partial charge in [0.2, 0.25) is 0 Å². The van der Waals surface area contributed by atoms with Crippen molar-refractivity contribution < 1.29 is 0 Å². The van der Waals surface area contributed by atoms with Crippen LogP contribution < -0.4 is 0 Å². The Hall–Kier alpha value is -3.66. The lowest BCUT2D eigenvalue weighted by Gasteiger charge is -2.56. The standard InChI is InChI=1S/C39H30/c1-2-17-35-23-7-22-34(35,16-1)28-10-11-30-32(38-20-4-3-18-36(30,38)24-8-26-38)14-15-33-31(13-12-29(28)35)37-19-5-6-21-39(33,37)27-9-25-37/h1-6,16-21H,7-9,22-27H2. The van der Waals surface area contributed by atoms with E-state index in [1.807, 2.05) is 0 Å². The van der Waals surface area contributed by atoms with Crippen molar-refractivity contribution in [3.63, 3.8) is 0 Å². The molecule has 186 valence electrons. The van der Waals surface area contributed by atoms with Gasteiger partial charge >= 0.3 is 0 Å². The van der Waals surface area contributed by atoms with E-state index in [4.69, 9.17) is 0 Å². The summed E-state index contributed by atoms with van der Waals surface area (Å²) in [6, 6.07) is 0. The smallest absolute Gasteiger partial charge is 0.0363 e. The zero-order valence-electron chi connectivity index (χ0n) is 22.3. The van der Waals surface area contributed by atoms with Crippen molar-refractivity contribution in [2.24, 2.45) is 32.5 Å². The second kappa shape index (κ2) is 6.38. The van der Waals surface area contributed by atoms with E-state index in [0.29, 0.717) is 0 Å². The lowest BCUT2D eigenvalue weighted by atomic mass is 9.44. The van der Waals surface area contributed by atoms with Gasteiger partial charge in [0, 0.05) is 65.9 Å². The summed E-state index contributed by atoms with van der Waals surface area (Å²) in [7, 11) is 0. The third kappa shape index (κ3) is 1.90. The molecule has 0 heterocycles. The van der Waals surface area contributed by atoms with Crippen LogP contribution in [0, 0.1) is 68.0 Å². The molecule has 0 saturated heterocycles. The fourth-order valence-corrected chi connectivity index (χ4v) is 11.1. The van der Waals surface area contributed by atoms with Crippen molar-refractivity contribution in [2.75, 3.05) is 0 Å². The van der Waals surface area contributed by atoms with E-state index in [0.717, 1.165) is 0 Å². The normalized spacial score (nSPS) is 46.8. The topological polar surface area (TPSA) is 0 Å². The molecule has 10 aliphatic carbocycles. The zero-order chi connectivity index (χ0) is 25.6. The lowest BCUT2D eigenvalue weighted by Crippen LogP contribution is -2.50. The van der Waals surface area contributed by atoms with Crippen molar-refractivity contribution in [1.82, 2.24) is 0 Å². The van der Waals surface area contributed by atoms with Crippen LogP contribution in [0.4, 0.5) is 0 Å². The molecule has 10 rings (SSSR count). The molecular formula is C39H30. The Morgan fingerprint density at radius 1 is 0.308 bits per heavy atom. The lowest BCUT2D eigenvalue weighted by molar-refractivity contribution is 0.227. The van der Waals surface area contributed by atoms with Crippen LogP contribution in [0.3, 0.4) is 0 Å². The quantitative estimate of drug-likeness (QED) is 0.299. The largest absolute Gasteiger partial charge is 0.0721 e. The Bertz CT molecular complexity index is 1490. The fraction of sp³-hybridized carbons (Fsp3) is 0.385. The van der Waals surface area contributed by atoms with Gasteiger partial charge in [0.1, 0.15) is 0 Å². The average Bonchev–Trinajstić information content (AvgIpc) is 3.60. The van der Waals surface area contributed by atoms with Crippen molar-refractivity contribution in [1.29, 1.82) is 0 Å². The molecule has 6 unspecified atom stereocenters. The molecule has 39 heavy (non-hydrogen) atoms. The Balaban J connectivity index is 1.29. The highest BCUT2D eigenvalue weighted by molar-refractivity contribution is 5.76. The molecule has 0 radical (unpaired) electrons. The van der Waals surface area contributed by atoms with E-state index in [9.17, 15) is 0 Å². The van der Waals surface area contributed by atoms with Crippen LogP contribution in [0.5, 0.6) is 0 Å². The minimum absolute atomic E-state index is 0.0332. The predicted molar refractivity (Wildman–Crippen MR) is 155 cm³/mol. The van der Waals surface area contributed by atoms with Gasteiger partial charge in [-0.05, 0) is 38.5 Å². The zero-order valence-corrected chi connectivity index (χ0v) is 22.3. The van der Waals surface area contributed by atoms with Crippen molar-refractivity contribution in [2.45, 2.75) is 57.8 Å². The third-order valence-electron chi connectivity index (χ3n) is 12.8. The molecule has 0 aliphatic heterocycles. The molecule has 3 fully saturated rings. The van der Waals surface area contributed by atoms with Gasteiger partial charge in [-0.2, -0.15) is 0 Å². The van der Waals surface area contributed by atoms with Gasteiger partial charge < -0.3 is 0 Å². The van der Waals surface area contributed by atoms with Crippen LogP contribution in [0.15, 0.2) is 106 Å².